The third kappa shape index (κ3) is 4.98. The van der Waals surface area contributed by atoms with Gasteiger partial charge in [0.05, 0.1) is 0 Å². The minimum atomic E-state index is -0.566. The number of rotatable bonds is 6. The lowest BCUT2D eigenvalue weighted by Crippen LogP contribution is -2.38. The van der Waals surface area contributed by atoms with Crippen LogP contribution in [0, 0.1) is 5.92 Å². The van der Waals surface area contributed by atoms with Gasteiger partial charge in [-0.2, -0.15) is 0 Å². The summed E-state index contributed by atoms with van der Waals surface area (Å²) < 4.78 is 0. The molecular formula is C20H28ClN3O2. The number of likely N-dealkylation sites (tertiary alicyclic amines) is 1. The summed E-state index contributed by atoms with van der Waals surface area (Å²) in [6.45, 7) is 4.58. The van der Waals surface area contributed by atoms with Gasteiger partial charge in [0.15, 0.2) is 0 Å². The predicted octanol–water partition coefficient (Wildman–Crippen LogP) is 3.08. The van der Waals surface area contributed by atoms with E-state index in [0.717, 1.165) is 18.7 Å². The van der Waals surface area contributed by atoms with Gasteiger partial charge in [-0.05, 0) is 69.6 Å². The second-order valence-corrected chi connectivity index (χ2v) is 7.64. The van der Waals surface area contributed by atoms with Gasteiger partial charge in [0, 0.05) is 23.8 Å². The van der Waals surface area contributed by atoms with Crippen LogP contribution in [0.1, 0.15) is 38.5 Å². The van der Waals surface area contributed by atoms with Crippen molar-refractivity contribution >= 4 is 29.1 Å². The van der Waals surface area contributed by atoms with Gasteiger partial charge in [0.2, 0.25) is 11.8 Å². The Morgan fingerprint density at radius 1 is 1.08 bits per heavy atom. The molecule has 2 aliphatic heterocycles. The zero-order chi connectivity index (χ0) is 18.4. The van der Waals surface area contributed by atoms with Crippen LogP contribution in [0.2, 0.25) is 5.02 Å². The summed E-state index contributed by atoms with van der Waals surface area (Å²) >= 11 is 5.90. The molecule has 2 fully saturated rings. The molecule has 1 atom stereocenters. The maximum atomic E-state index is 12.6. The minimum Gasteiger partial charge on any atom is -0.355 e. The van der Waals surface area contributed by atoms with Crippen LogP contribution in [0.4, 0.5) is 5.69 Å². The fourth-order valence-electron chi connectivity index (χ4n) is 3.80. The minimum absolute atomic E-state index is 0.114. The topological polar surface area (TPSA) is 52.7 Å². The highest BCUT2D eigenvalue weighted by Crippen LogP contribution is 2.26. The summed E-state index contributed by atoms with van der Waals surface area (Å²) in [5, 5.41) is 3.60. The van der Waals surface area contributed by atoms with Crippen LogP contribution >= 0.6 is 11.6 Å². The van der Waals surface area contributed by atoms with E-state index in [1.807, 2.05) is 12.1 Å². The fourth-order valence-corrected chi connectivity index (χ4v) is 3.92. The van der Waals surface area contributed by atoms with Crippen molar-refractivity contribution < 1.29 is 9.59 Å². The Labute approximate surface area is 160 Å². The number of carbonyl (C=O) groups is 2. The lowest BCUT2D eigenvalue weighted by atomic mass is 10.1. The molecule has 0 bridgehead atoms. The maximum absolute atomic E-state index is 12.6. The first-order chi connectivity index (χ1) is 12.6. The van der Waals surface area contributed by atoms with Gasteiger partial charge in [-0.25, -0.2) is 0 Å². The van der Waals surface area contributed by atoms with Gasteiger partial charge in [-0.3, -0.25) is 9.59 Å². The van der Waals surface area contributed by atoms with Crippen LogP contribution in [-0.4, -0.2) is 49.4 Å². The monoisotopic (exact) mass is 377 g/mol. The SMILES string of the molecule is O=C(NCCCN1CCCCCC1)[C@H]1CCN(c2ccc(Cl)cc2)C1=O. The molecule has 0 unspecified atom stereocenters. The number of hydrogen-bond acceptors (Lipinski definition) is 3. The quantitative estimate of drug-likeness (QED) is 0.612. The number of halogens is 1. The summed E-state index contributed by atoms with van der Waals surface area (Å²) in [5.74, 6) is -0.816. The Hall–Kier alpha value is -1.59. The van der Waals surface area contributed by atoms with Crippen molar-refractivity contribution in [2.24, 2.45) is 5.92 Å². The smallest absolute Gasteiger partial charge is 0.239 e. The third-order valence-electron chi connectivity index (χ3n) is 5.31. The van der Waals surface area contributed by atoms with E-state index in [1.54, 1.807) is 17.0 Å². The molecule has 0 aliphatic carbocycles. The third-order valence-corrected chi connectivity index (χ3v) is 5.56. The molecule has 0 aromatic heterocycles. The Morgan fingerprint density at radius 2 is 1.77 bits per heavy atom. The Morgan fingerprint density at radius 3 is 2.46 bits per heavy atom. The molecule has 2 saturated heterocycles. The second-order valence-electron chi connectivity index (χ2n) is 7.21. The van der Waals surface area contributed by atoms with Crippen molar-refractivity contribution in [1.82, 2.24) is 10.2 Å². The van der Waals surface area contributed by atoms with Crippen molar-refractivity contribution in [3.05, 3.63) is 29.3 Å². The van der Waals surface area contributed by atoms with Gasteiger partial charge >= 0.3 is 0 Å². The number of benzene rings is 1. The molecule has 3 rings (SSSR count). The predicted molar refractivity (Wildman–Crippen MR) is 104 cm³/mol. The Bertz CT molecular complexity index is 612. The molecule has 142 valence electrons. The molecule has 6 heteroatoms. The van der Waals surface area contributed by atoms with E-state index in [1.165, 1.54) is 38.8 Å². The van der Waals surface area contributed by atoms with E-state index in [-0.39, 0.29) is 11.8 Å². The van der Waals surface area contributed by atoms with E-state index >= 15 is 0 Å². The number of nitrogens with one attached hydrogen (secondary N) is 1. The summed E-state index contributed by atoms with van der Waals surface area (Å²) in [6, 6.07) is 7.17. The largest absolute Gasteiger partial charge is 0.355 e. The Kier molecular flexibility index (Phi) is 6.92. The van der Waals surface area contributed by atoms with Crippen LogP contribution in [0.5, 0.6) is 0 Å². The summed E-state index contributed by atoms with van der Waals surface area (Å²) in [6.07, 6.45) is 6.74. The number of anilines is 1. The summed E-state index contributed by atoms with van der Waals surface area (Å²) in [7, 11) is 0. The van der Waals surface area contributed by atoms with Gasteiger partial charge in [-0.15, -0.1) is 0 Å². The fraction of sp³-hybridized carbons (Fsp3) is 0.600. The highest BCUT2D eigenvalue weighted by molar-refractivity contribution is 6.30. The first kappa shape index (κ1) is 19.2. The van der Waals surface area contributed by atoms with Gasteiger partial charge < -0.3 is 15.1 Å². The number of nitrogens with zero attached hydrogens (tertiary/aromatic N) is 2. The molecule has 0 radical (unpaired) electrons. The van der Waals surface area contributed by atoms with Crippen molar-refractivity contribution in [2.45, 2.75) is 38.5 Å². The van der Waals surface area contributed by atoms with Crippen molar-refractivity contribution in [2.75, 3.05) is 37.6 Å². The van der Waals surface area contributed by atoms with E-state index in [9.17, 15) is 9.59 Å². The molecule has 2 amide bonds. The molecule has 2 heterocycles. The molecule has 1 aromatic rings. The second kappa shape index (κ2) is 9.38. The van der Waals surface area contributed by atoms with Crippen LogP contribution in [0.25, 0.3) is 0 Å². The van der Waals surface area contributed by atoms with E-state index < -0.39 is 5.92 Å². The highest BCUT2D eigenvalue weighted by Gasteiger charge is 2.37. The van der Waals surface area contributed by atoms with Gasteiger partial charge in [0.25, 0.3) is 0 Å². The van der Waals surface area contributed by atoms with Crippen molar-refractivity contribution in [3.8, 4) is 0 Å². The first-order valence-corrected chi connectivity index (χ1v) is 10.1. The zero-order valence-electron chi connectivity index (χ0n) is 15.3. The average molecular weight is 378 g/mol. The van der Waals surface area contributed by atoms with Crippen molar-refractivity contribution in [3.63, 3.8) is 0 Å². The van der Waals surface area contributed by atoms with Crippen LogP contribution < -0.4 is 10.2 Å². The average Bonchev–Trinajstić information content (AvgIpc) is 2.85. The van der Waals surface area contributed by atoms with E-state index in [0.29, 0.717) is 24.5 Å². The molecular weight excluding hydrogens is 350 g/mol. The Balaban J connectivity index is 1.42. The van der Waals surface area contributed by atoms with Crippen LogP contribution in [0.15, 0.2) is 24.3 Å². The standard InChI is InChI=1S/C20H28ClN3O2/c21-16-6-8-17(9-7-16)24-15-10-18(20(24)26)19(25)22-11-5-14-23-12-3-1-2-4-13-23/h6-9,18H,1-5,10-15H2,(H,22,25)/t18-/m1/s1. The van der Waals surface area contributed by atoms with Gasteiger partial charge in [0.1, 0.15) is 5.92 Å². The first-order valence-electron chi connectivity index (χ1n) is 9.72. The number of amides is 2. The van der Waals surface area contributed by atoms with E-state index in [2.05, 4.69) is 10.2 Å². The molecule has 1 N–H and O–H groups in total. The van der Waals surface area contributed by atoms with Crippen LogP contribution in [0.3, 0.4) is 0 Å². The molecule has 0 spiro atoms. The highest BCUT2D eigenvalue weighted by atomic mass is 35.5. The number of hydrogen-bond donors (Lipinski definition) is 1. The summed E-state index contributed by atoms with van der Waals surface area (Å²) in [4.78, 5) is 29.1. The molecule has 5 nitrogen and oxygen atoms in total. The lowest BCUT2D eigenvalue weighted by Gasteiger charge is -2.20. The van der Waals surface area contributed by atoms with E-state index in [4.69, 9.17) is 11.6 Å². The number of carbonyl (C=O) groups excluding carboxylic acids is 2. The molecule has 2 aliphatic rings. The molecule has 1 aromatic carbocycles. The molecule has 26 heavy (non-hydrogen) atoms. The molecule has 0 saturated carbocycles. The maximum Gasteiger partial charge on any atom is 0.239 e. The zero-order valence-corrected chi connectivity index (χ0v) is 16.0. The normalized spacial score (nSPS) is 21.7. The van der Waals surface area contributed by atoms with Crippen LogP contribution in [-0.2, 0) is 9.59 Å². The van der Waals surface area contributed by atoms with Crippen molar-refractivity contribution in [1.29, 1.82) is 0 Å². The van der Waals surface area contributed by atoms with Gasteiger partial charge in [-0.1, -0.05) is 24.4 Å². The summed E-state index contributed by atoms with van der Waals surface area (Å²) in [5.41, 5.74) is 0.802. The lowest BCUT2D eigenvalue weighted by molar-refractivity contribution is -0.132.